The summed E-state index contributed by atoms with van der Waals surface area (Å²) in [6.07, 6.45) is 2.05. The number of hydrogen-bond acceptors (Lipinski definition) is 5. The molecule has 0 amide bonds. The lowest BCUT2D eigenvalue weighted by atomic mass is 10.2. The maximum absolute atomic E-state index is 6.08. The highest BCUT2D eigenvalue weighted by Crippen LogP contribution is 2.40. The monoisotopic (exact) mass is 320 g/mol. The van der Waals surface area contributed by atoms with Gasteiger partial charge in [-0.1, -0.05) is 26.0 Å². The molecule has 0 saturated carbocycles. The minimum Gasteiger partial charge on any atom is -0.481 e. The Bertz CT molecular complexity index is 597. The minimum atomic E-state index is 0.0775. The van der Waals surface area contributed by atoms with Gasteiger partial charge >= 0.3 is 0 Å². The van der Waals surface area contributed by atoms with Crippen LogP contribution in [0.15, 0.2) is 35.4 Å². The lowest BCUT2D eigenvalue weighted by Crippen LogP contribution is -2.18. The van der Waals surface area contributed by atoms with Crippen molar-refractivity contribution in [3.63, 3.8) is 0 Å². The first kappa shape index (κ1) is 14.9. The summed E-state index contributed by atoms with van der Waals surface area (Å²) in [6.45, 7) is 6.37. The van der Waals surface area contributed by atoms with Crippen LogP contribution in [0.2, 0.25) is 0 Å². The molecule has 2 heterocycles. The number of fused-ring (bicyclic) bond motifs is 1. The fourth-order valence-electron chi connectivity index (χ4n) is 2.18. The van der Waals surface area contributed by atoms with Gasteiger partial charge in [0.15, 0.2) is 6.10 Å². The van der Waals surface area contributed by atoms with Crippen LogP contribution in [0, 0.1) is 5.92 Å². The average molecular weight is 320 g/mol. The van der Waals surface area contributed by atoms with Crippen LogP contribution >= 0.6 is 23.1 Å². The number of thiazole rings is 1. The van der Waals surface area contributed by atoms with Gasteiger partial charge in [-0.15, -0.1) is 23.1 Å². The maximum Gasteiger partial charge on any atom is 0.159 e. The normalized spacial score (nSPS) is 17.6. The molecule has 21 heavy (non-hydrogen) atoms. The Morgan fingerprint density at radius 2 is 2.24 bits per heavy atom. The van der Waals surface area contributed by atoms with Gasteiger partial charge < -0.3 is 10.1 Å². The quantitative estimate of drug-likeness (QED) is 0.899. The van der Waals surface area contributed by atoms with E-state index in [-0.39, 0.29) is 6.10 Å². The van der Waals surface area contributed by atoms with E-state index in [4.69, 9.17) is 4.74 Å². The molecule has 112 valence electrons. The van der Waals surface area contributed by atoms with Crippen LogP contribution in [0.3, 0.4) is 0 Å². The van der Waals surface area contributed by atoms with Crippen LogP contribution in [0.5, 0.6) is 5.75 Å². The van der Waals surface area contributed by atoms with Crippen LogP contribution in [0.1, 0.15) is 29.8 Å². The summed E-state index contributed by atoms with van der Waals surface area (Å²) >= 11 is 3.60. The number of para-hydroxylation sites is 1. The van der Waals surface area contributed by atoms with Gasteiger partial charge in [0, 0.05) is 28.3 Å². The number of ether oxygens (including phenoxy) is 1. The summed E-state index contributed by atoms with van der Waals surface area (Å²) in [5.41, 5.74) is 0. The van der Waals surface area contributed by atoms with E-state index in [1.807, 2.05) is 30.1 Å². The van der Waals surface area contributed by atoms with Crippen LogP contribution in [0.25, 0.3) is 0 Å². The second kappa shape index (κ2) is 6.81. The summed E-state index contributed by atoms with van der Waals surface area (Å²) in [5, 5.41) is 4.54. The summed E-state index contributed by atoms with van der Waals surface area (Å²) in [5.74, 6) is 2.59. The standard InChI is InChI=1S/C16H20N2OS2/c1-11(2)7-17-8-12-9-18-16(21-12)14-10-20-15-6-4-3-5-13(15)19-14/h3-6,9,11,14,17H,7-8,10H2,1-2H3. The molecule has 3 nitrogen and oxygen atoms in total. The Morgan fingerprint density at radius 1 is 1.38 bits per heavy atom. The predicted octanol–water partition coefficient (Wildman–Crippen LogP) is 4.11. The molecule has 2 aromatic rings. The molecule has 0 saturated heterocycles. The zero-order valence-corrected chi connectivity index (χ0v) is 14.0. The molecule has 0 bridgehead atoms. The molecule has 1 atom stereocenters. The average Bonchev–Trinajstić information content (AvgIpc) is 2.95. The third-order valence-corrected chi connectivity index (χ3v) is 5.41. The molecule has 1 aliphatic heterocycles. The fourth-order valence-corrected chi connectivity index (χ4v) is 4.19. The lowest BCUT2D eigenvalue weighted by molar-refractivity contribution is 0.220. The van der Waals surface area contributed by atoms with E-state index in [1.54, 1.807) is 11.3 Å². The number of thioether (sulfide) groups is 1. The van der Waals surface area contributed by atoms with E-state index in [0.717, 1.165) is 29.6 Å². The van der Waals surface area contributed by atoms with Crippen LogP contribution in [-0.4, -0.2) is 17.3 Å². The van der Waals surface area contributed by atoms with Crippen LogP contribution in [0.4, 0.5) is 0 Å². The SMILES string of the molecule is CC(C)CNCc1cnc(C2CSc3ccccc3O2)s1. The maximum atomic E-state index is 6.08. The molecule has 1 aliphatic rings. The molecule has 1 unspecified atom stereocenters. The first-order valence-corrected chi connectivity index (χ1v) is 9.06. The van der Waals surface area contributed by atoms with Crippen molar-refractivity contribution in [1.29, 1.82) is 0 Å². The summed E-state index contributed by atoms with van der Waals surface area (Å²) in [4.78, 5) is 7.05. The highest BCUT2D eigenvalue weighted by Gasteiger charge is 2.24. The Morgan fingerprint density at radius 3 is 3.10 bits per heavy atom. The van der Waals surface area contributed by atoms with Gasteiger partial charge in [0.25, 0.3) is 0 Å². The summed E-state index contributed by atoms with van der Waals surface area (Å²) < 4.78 is 6.08. The fraction of sp³-hybridized carbons (Fsp3) is 0.438. The van der Waals surface area contributed by atoms with Gasteiger partial charge in [0.2, 0.25) is 0 Å². The highest BCUT2D eigenvalue weighted by molar-refractivity contribution is 7.99. The van der Waals surface area contributed by atoms with E-state index >= 15 is 0 Å². The van der Waals surface area contributed by atoms with Gasteiger partial charge in [-0.25, -0.2) is 4.98 Å². The van der Waals surface area contributed by atoms with Crippen LogP contribution in [-0.2, 0) is 6.54 Å². The summed E-state index contributed by atoms with van der Waals surface area (Å²) in [7, 11) is 0. The number of benzene rings is 1. The molecule has 0 fully saturated rings. The van der Waals surface area contributed by atoms with Gasteiger partial charge in [-0.3, -0.25) is 0 Å². The topological polar surface area (TPSA) is 34.2 Å². The first-order chi connectivity index (χ1) is 10.2. The van der Waals surface area contributed by atoms with Crippen molar-refractivity contribution < 1.29 is 4.74 Å². The molecule has 1 aromatic carbocycles. The molecular weight excluding hydrogens is 300 g/mol. The Labute approximate surface area is 134 Å². The molecule has 0 radical (unpaired) electrons. The van der Waals surface area contributed by atoms with Crippen molar-refractivity contribution in [1.82, 2.24) is 10.3 Å². The second-order valence-electron chi connectivity index (χ2n) is 5.55. The van der Waals surface area contributed by atoms with Crippen molar-refractivity contribution in [3.05, 3.63) is 40.3 Å². The number of rotatable bonds is 5. The molecule has 3 rings (SSSR count). The second-order valence-corrected chi connectivity index (χ2v) is 7.76. The largest absolute Gasteiger partial charge is 0.481 e. The minimum absolute atomic E-state index is 0.0775. The van der Waals surface area contributed by atoms with Crippen molar-refractivity contribution in [2.45, 2.75) is 31.4 Å². The van der Waals surface area contributed by atoms with Gasteiger partial charge in [0.1, 0.15) is 10.8 Å². The van der Waals surface area contributed by atoms with E-state index < -0.39 is 0 Å². The predicted molar refractivity (Wildman–Crippen MR) is 89.2 cm³/mol. The van der Waals surface area contributed by atoms with E-state index in [9.17, 15) is 0 Å². The van der Waals surface area contributed by atoms with Gasteiger partial charge in [-0.2, -0.15) is 0 Å². The third kappa shape index (κ3) is 3.78. The first-order valence-electron chi connectivity index (χ1n) is 7.26. The number of hydrogen-bond donors (Lipinski definition) is 1. The molecule has 1 aromatic heterocycles. The molecular formula is C16H20N2OS2. The van der Waals surface area contributed by atoms with Gasteiger partial charge in [-0.05, 0) is 24.6 Å². The van der Waals surface area contributed by atoms with Crippen molar-refractivity contribution in [2.75, 3.05) is 12.3 Å². The number of nitrogens with one attached hydrogen (secondary N) is 1. The van der Waals surface area contributed by atoms with Gasteiger partial charge in [0.05, 0.1) is 0 Å². The summed E-state index contributed by atoms with van der Waals surface area (Å²) in [6, 6.07) is 8.22. The molecule has 0 aliphatic carbocycles. The smallest absolute Gasteiger partial charge is 0.159 e. The van der Waals surface area contributed by atoms with E-state index in [0.29, 0.717) is 5.92 Å². The Balaban J connectivity index is 1.62. The van der Waals surface area contributed by atoms with Crippen molar-refractivity contribution in [2.24, 2.45) is 5.92 Å². The lowest BCUT2D eigenvalue weighted by Gasteiger charge is -2.23. The molecule has 0 spiro atoms. The van der Waals surface area contributed by atoms with Crippen molar-refractivity contribution in [3.8, 4) is 5.75 Å². The zero-order chi connectivity index (χ0) is 14.7. The zero-order valence-electron chi connectivity index (χ0n) is 12.3. The highest BCUT2D eigenvalue weighted by atomic mass is 32.2. The number of nitrogens with zero attached hydrogens (tertiary/aromatic N) is 1. The Kier molecular flexibility index (Phi) is 4.83. The third-order valence-electron chi connectivity index (χ3n) is 3.21. The van der Waals surface area contributed by atoms with E-state index in [2.05, 4.69) is 36.3 Å². The van der Waals surface area contributed by atoms with Crippen molar-refractivity contribution >= 4 is 23.1 Å². The molecule has 1 N–H and O–H groups in total. The number of aromatic nitrogens is 1. The molecule has 5 heteroatoms. The Hall–Kier alpha value is -1.04. The van der Waals surface area contributed by atoms with E-state index in [1.165, 1.54) is 9.77 Å². The van der Waals surface area contributed by atoms with Crippen LogP contribution < -0.4 is 10.1 Å².